The third-order valence-electron chi connectivity index (χ3n) is 2.28. The van der Waals surface area contributed by atoms with Crippen LogP contribution in [0.1, 0.15) is 17.5 Å². The van der Waals surface area contributed by atoms with E-state index in [1.54, 1.807) is 25.1 Å². The molecule has 6 nitrogen and oxygen atoms in total. The van der Waals surface area contributed by atoms with Crippen molar-refractivity contribution < 1.29 is 18.8 Å². The Hall–Kier alpha value is -2.08. The van der Waals surface area contributed by atoms with Gasteiger partial charge in [0.1, 0.15) is 5.75 Å². The number of benzene rings is 1. The molecule has 0 saturated carbocycles. The largest absolute Gasteiger partial charge is 0.496 e. The summed E-state index contributed by atoms with van der Waals surface area (Å²) in [6.45, 7) is 1.93. The molecule has 0 spiro atoms. The van der Waals surface area contributed by atoms with Gasteiger partial charge in [-0.05, 0) is 30.3 Å². The number of carbonyl (C=O) groups excluding carboxylic acids is 1. The highest BCUT2D eigenvalue weighted by molar-refractivity contribution is 6.30. The van der Waals surface area contributed by atoms with Crippen molar-refractivity contribution in [3.05, 3.63) is 29.0 Å². The smallest absolute Gasteiger partial charge is 0.379 e. The lowest BCUT2D eigenvalue weighted by Gasteiger charge is -2.04. The molecule has 0 bridgehead atoms. The monoisotopic (exact) mass is 282 g/mol. The standard InChI is InChI=1S/C12H11ClN2O4/c1-3-18-12(16)10-14-11(19-15-10)8-6-7(13)4-5-9(8)17-2/h4-6H,3H2,1-2H3. The van der Waals surface area contributed by atoms with Crippen molar-refractivity contribution in [2.45, 2.75) is 6.92 Å². The number of hydrogen-bond donors (Lipinski definition) is 0. The molecule has 0 saturated heterocycles. The molecule has 0 atom stereocenters. The van der Waals surface area contributed by atoms with Crippen LogP contribution in [-0.2, 0) is 4.74 Å². The molecular weight excluding hydrogens is 272 g/mol. The van der Waals surface area contributed by atoms with Crippen LogP contribution in [0.3, 0.4) is 0 Å². The van der Waals surface area contributed by atoms with Gasteiger partial charge in [-0.25, -0.2) is 4.79 Å². The van der Waals surface area contributed by atoms with Crippen molar-refractivity contribution in [2.75, 3.05) is 13.7 Å². The lowest BCUT2D eigenvalue weighted by Crippen LogP contribution is -2.06. The van der Waals surface area contributed by atoms with Crippen LogP contribution < -0.4 is 4.74 Å². The van der Waals surface area contributed by atoms with Gasteiger partial charge in [-0.15, -0.1) is 0 Å². The maximum absolute atomic E-state index is 11.4. The lowest BCUT2D eigenvalue weighted by molar-refractivity contribution is 0.0508. The number of rotatable bonds is 4. The number of halogens is 1. The third kappa shape index (κ3) is 2.85. The predicted molar refractivity (Wildman–Crippen MR) is 67.3 cm³/mol. The summed E-state index contributed by atoms with van der Waals surface area (Å²) in [5.41, 5.74) is 0.512. The van der Waals surface area contributed by atoms with Crippen molar-refractivity contribution in [2.24, 2.45) is 0 Å². The first kappa shape index (κ1) is 13.4. The first-order valence-corrected chi connectivity index (χ1v) is 5.88. The van der Waals surface area contributed by atoms with E-state index in [4.69, 9.17) is 25.6 Å². The molecule has 0 N–H and O–H groups in total. The molecular formula is C12H11ClN2O4. The first-order valence-electron chi connectivity index (χ1n) is 5.50. The summed E-state index contributed by atoms with van der Waals surface area (Å²) >= 11 is 5.91. The summed E-state index contributed by atoms with van der Waals surface area (Å²) in [7, 11) is 1.51. The molecule has 2 aromatic rings. The van der Waals surface area contributed by atoms with Gasteiger partial charge in [0.25, 0.3) is 11.7 Å². The van der Waals surface area contributed by atoms with Crippen molar-refractivity contribution in [3.63, 3.8) is 0 Å². The number of ether oxygens (including phenoxy) is 2. The Morgan fingerprint density at radius 2 is 2.26 bits per heavy atom. The molecule has 0 radical (unpaired) electrons. The van der Waals surface area contributed by atoms with E-state index >= 15 is 0 Å². The minimum Gasteiger partial charge on any atom is -0.496 e. The average Bonchev–Trinajstić information content (AvgIpc) is 2.88. The average molecular weight is 283 g/mol. The topological polar surface area (TPSA) is 74.5 Å². The highest BCUT2D eigenvalue weighted by Crippen LogP contribution is 2.31. The summed E-state index contributed by atoms with van der Waals surface area (Å²) < 4.78 is 15.0. The van der Waals surface area contributed by atoms with E-state index in [-0.39, 0.29) is 18.3 Å². The van der Waals surface area contributed by atoms with Crippen molar-refractivity contribution in [3.8, 4) is 17.2 Å². The van der Waals surface area contributed by atoms with E-state index in [0.29, 0.717) is 16.3 Å². The molecule has 0 unspecified atom stereocenters. The van der Waals surface area contributed by atoms with E-state index < -0.39 is 5.97 Å². The molecule has 1 heterocycles. The first-order chi connectivity index (χ1) is 9.15. The van der Waals surface area contributed by atoms with E-state index in [2.05, 4.69) is 10.1 Å². The Morgan fingerprint density at radius 1 is 1.47 bits per heavy atom. The number of aromatic nitrogens is 2. The van der Waals surface area contributed by atoms with Gasteiger partial charge >= 0.3 is 5.97 Å². The van der Waals surface area contributed by atoms with Crippen LogP contribution >= 0.6 is 11.6 Å². The second-order valence-corrected chi connectivity index (χ2v) is 3.92. The van der Waals surface area contributed by atoms with Crippen LogP contribution in [0.4, 0.5) is 0 Å². The van der Waals surface area contributed by atoms with Gasteiger partial charge < -0.3 is 14.0 Å². The third-order valence-corrected chi connectivity index (χ3v) is 2.51. The van der Waals surface area contributed by atoms with Crippen LogP contribution in [0.5, 0.6) is 5.75 Å². The second kappa shape index (κ2) is 5.71. The van der Waals surface area contributed by atoms with Crippen LogP contribution in [0.15, 0.2) is 22.7 Å². The van der Waals surface area contributed by atoms with Crippen LogP contribution in [0.2, 0.25) is 5.02 Å². The maximum Gasteiger partial charge on any atom is 0.379 e. The molecule has 100 valence electrons. The van der Waals surface area contributed by atoms with Gasteiger partial charge in [0, 0.05) is 5.02 Å². The van der Waals surface area contributed by atoms with Crippen molar-refractivity contribution in [1.82, 2.24) is 10.1 Å². The normalized spacial score (nSPS) is 10.3. The summed E-state index contributed by atoms with van der Waals surface area (Å²) in [4.78, 5) is 15.4. The van der Waals surface area contributed by atoms with Crippen LogP contribution in [0, 0.1) is 0 Å². The van der Waals surface area contributed by atoms with E-state index in [0.717, 1.165) is 0 Å². The Bertz CT molecular complexity index is 597. The van der Waals surface area contributed by atoms with E-state index in [1.807, 2.05) is 0 Å². The maximum atomic E-state index is 11.4. The molecule has 19 heavy (non-hydrogen) atoms. The zero-order valence-corrected chi connectivity index (χ0v) is 11.1. The highest BCUT2D eigenvalue weighted by atomic mass is 35.5. The Kier molecular flexibility index (Phi) is 4.01. The van der Waals surface area contributed by atoms with Crippen LogP contribution in [0.25, 0.3) is 11.5 Å². The fourth-order valence-electron chi connectivity index (χ4n) is 1.46. The molecule has 1 aromatic carbocycles. The quantitative estimate of drug-likeness (QED) is 0.802. The van der Waals surface area contributed by atoms with Gasteiger partial charge in [0.2, 0.25) is 0 Å². The molecule has 0 fully saturated rings. The summed E-state index contributed by atoms with van der Waals surface area (Å²) in [5, 5.41) is 4.05. The fourth-order valence-corrected chi connectivity index (χ4v) is 1.63. The lowest BCUT2D eigenvalue weighted by atomic mass is 10.2. The molecule has 0 aliphatic heterocycles. The SMILES string of the molecule is CCOC(=O)c1noc(-c2cc(Cl)ccc2OC)n1. The van der Waals surface area contributed by atoms with Crippen molar-refractivity contribution in [1.29, 1.82) is 0 Å². The van der Waals surface area contributed by atoms with E-state index in [9.17, 15) is 4.79 Å². The second-order valence-electron chi connectivity index (χ2n) is 3.49. The fraction of sp³-hybridized carbons (Fsp3) is 0.250. The Labute approximate surface area is 114 Å². The number of nitrogens with zero attached hydrogens (tertiary/aromatic N) is 2. The number of esters is 1. The number of hydrogen-bond acceptors (Lipinski definition) is 6. The van der Waals surface area contributed by atoms with Gasteiger partial charge in [-0.3, -0.25) is 0 Å². The molecule has 0 aliphatic rings. The molecule has 0 amide bonds. The Morgan fingerprint density at radius 3 is 2.95 bits per heavy atom. The van der Waals surface area contributed by atoms with Gasteiger partial charge in [-0.1, -0.05) is 11.6 Å². The zero-order valence-electron chi connectivity index (χ0n) is 10.3. The minimum absolute atomic E-state index is 0.140. The van der Waals surface area contributed by atoms with Gasteiger partial charge in [-0.2, -0.15) is 4.98 Å². The predicted octanol–water partition coefficient (Wildman–Crippen LogP) is 2.58. The molecule has 2 rings (SSSR count). The summed E-state index contributed by atoms with van der Waals surface area (Å²) in [5.74, 6) is -0.122. The zero-order chi connectivity index (χ0) is 13.8. The molecule has 0 aliphatic carbocycles. The van der Waals surface area contributed by atoms with Gasteiger partial charge in [0.15, 0.2) is 0 Å². The van der Waals surface area contributed by atoms with E-state index in [1.165, 1.54) is 7.11 Å². The minimum atomic E-state index is -0.640. The van der Waals surface area contributed by atoms with Crippen molar-refractivity contribution >= 4 is 17.6 Å². The highest BCUT2D eigenvalue weighted by Gasteiger charge is 2.19. The van der Waals surface area contributed by atoms with Gasteiger partial charge in [0.05, 0.1) is 19.3 Å². The number of carbonyl (C=O) groups is 1. The Balaban J connectivity index is 2.37. The summed E-state index contributed by atoms with van der Waals surface area (Å²) in [6, 6.07) is 4.96. The number of methoxy groups -OCH3 is 1. The molecule has 7 heteroatoms. The summed E-state index contributed by atoms with van der Waals surface area (Å²) in [6.07, 6.45) is 0. The molecule has 1 aromatic heterocycles. The van der Waals surface area contributed by atoms with Crippen LogP contribution in [-0.4, -0.2) is 29.8 Å².